The van der Waals surface area contributed by atoms with E-state index in [1.807, 2.05) is 6.07 Å². The second-order valence-corrected chi connectivity index (χ2v) is 5.57. The first-order valence-electron chi connectivity index (χ1n) is 8.30. The number of para-hydroxylation sites is 1. The maximum atomic E-state index is 13.1. The lowest BCUT2D eigenvalue weighted by atomic mass is 10.1. The molecule has 0 fully saturated rings. The van der Waals surface area contributed by atoms with Gasteiger partial charge in [0.2, 0.25) is 0 Å². The molecular formula is C19H23F3IN3O. The largest absolute Gasteiger partial charge is 0.434 e. The van der Waals surface area contributed by atoms with Gasteiger partial charge in [-0.3, -0.25) is 4.99 Å². The van der Waals surface area contributed by atoms with Gasteiger partial charge in [-0.2, -0.15) is 8.78 Å². The van der Waals surface area contributed by atoms with Crippen LogP contribution in [0.5, 0.6) is 5.75 Å². The van der Waals surface area contributed by atoms with Crippen LogP contribution >= 0.6 is 24.0 Å². The Morgan fingerprint density at radius 1 is 1.11 bits per heavy atom. The third kappa shape index (κ3) is 8.51. The molecule has 0 radical (unpaired) electrons. The molecule has 0 aliphatic carbocycles. The molecule has 0 amide bonds. The predicted molar refractivity (Wildman–Crippen MR) is 111 cm³/mol. The normalized spacial score (nSPS) is 11.1. The number of alkyl halides is 2. The molecule has 0 bridgehead atoms. The number of nitrogens with zero attached hydrogens (tertiary/aromatic N) is 1. The van der Waals surface area contributed by atoms with Crippen LogP contribution in [0.25, 0.3) is 0 Å². The second kappa shape index (κ2) is 12.4. The second-order valence-electron chi connectivity index (χ2n) is 5.57. The summed E-state index contributed by atoms with van der Waals surface area (Å²) >= 11 is 0. The fraction of sp³-hybridized carbons (Fsp3) is 0.316. The highest BCUT2D eigenvalue weighted by Gasteiger charge is 2.09. The van der Waals surface area contributed by atoms with E-state index < -0.39 is 6.61 Å². The average Bonchev–Trinajstić information content (AvgIpc) is 2.62. The molecule has 2 rings (SSSR count). The summed E-state index contributed by atoms with van der Waals surface area (Å²) in [5.41, 5.74) is 1.54. The summed E-state index contributed by atoms with van der Waals surface area (Å²) in [5, 5.41) is 6.20. The van der Waals surface area contributed by atoms with Gasteiger partial charge in [0.1, 0.15) is 11.6 Å². The van der Waals surface area contributed by atoms with Crippen LogP contribution in [-0.2, 0) is 13.0 Å². The summed E-state index contributed by atoms with van der Waals surface area (Å²) < 4.78 is 42.5. The molecule has 0 aliphatic heterocycles. The minimum absolute atomic E-state index is 0. The molecule has 0 atom stereocenters. The summed E-state index contributed by atoms with van der Waals surface area (Å²) in [4.78, 5) is 4.10. The van der Waals surface area contributed by atoms with Gasteiger partial charge in [-0.25, -0.2) is 4.39 Å². The van der Waals surface area contributed by atoms with Gasteiger partial charge in [-0.15, -0.1) is 24.0 Å². The average molecular weight is 493 g/mol. The van der Waals surface area contributed by atoms with Gasteiger partial charge in [0.15, 0.2) is 5.96 Å². The maximum absolute atomic E-state index is 13.1. The smallest absolute Gasteiger partial charge is 0.387 e. The van der Waals surface area contributed by atoms with Crippen molar-refractivity contribution in [2.45, 2.75) is 26.0 Å². The van der Waals surface area contributed by atoms with Crippen molar-refractivity contribution in [3.63, 3.8) is 0 Å². The number of rotatable bonds is 8. The third-order valence-corrected chi connectivity index (χ3v) is 3.68. The molecule has 2 aromatic carbocycles. The number of hydrogen-bond donors (Lipinski definition) is 2. The highest BCUT2D eigenvalue weighted by atomic mass is 127. The van der Waals surface area contributed by atoms with E-state index in [2.05, 4.69) is 20.4 Å². The van der Waals surface area contributed by atoms with Crippen molar-refractivity contribution < 1.29 is 17.9 Å². The van der Waals surface area contributed by atoms with Gasteiger partial charge in [-0.1, -0.05) is 30.3 Å². The summed E-state index contributed by atoms with van der Waals surface area (Å²) in [5.74, 6) is 0.449. The van der Waals surface area contributed by atoms with Crippen LogP contribution in [0.2, 0.25) is 0 Å². The van der Waals surface area contributed by atoms with E-state index in [1.165, 1.54) is 18.2 Å². The van der Waals surface area contributed by atoms with Crippen molar-refractivity contribution >= 4 is 29.9 Å². The summed E-state index contributed by atoms with van der Waals surface area (Å²) in [6, 6.07) is 13.1. The molecule has 4 nitrogen and oxygen atoms in total. The molecule has 0 spiro atoms. The quantitative estimate of drug-likeness (QED) is 0.249. The molecular weight excluding hydrogens is 470 g/mol. The fourth-order valence-electron chi connectivity index (χ4n) is 2.45. The molecule has 2 N–H and O–H groups in total. The van der Waals surface area contributed by atoms with Crippen LogP contribution in [0.1, 0.15) is 17.5 Å². The zero-order valence-corrected chi connectivity index (χ0v) is 17.3. The first kappa shape index (κ1) is 23.1. The Morgan fingerprint density at radius 3 is 2.59 bits per heavy atom. The molecule has 0 aliphatic rings. The zero-order chi connectivity index (χ0) is 18.8. The van der Waals surface area contributed by atoms with E-state index in [-0.39, 0.29) is 35.5 Å². The van der Waals surface area contributed by atoms with Gasteiger partial charge in [-0.05, 0) is 36.6 Å². The monoisotopic (exact) mass is 493 g/mol. The maximum Gasteiger partial charge on any atom is 0.387 e. The molecule has 0 heterocycles. The summed E-state index contributed by atoms with van der Waals surface area (Å²) in [6.45, 7) is -1.92. The Hall–Kier alpha value is -1.97. The first-order chi connectivity index (χ1) is 12.6. The van der Waals surface area contributed by atoms with Gasteiger partial charge < -0.3 is 15.4 Å². The number of aliphatic imine (C=N–C) groups is 1. The van der Waals surface area contributed by atoms with Crippen LogP contribution in [-0.4, -0.2) is 26.2 Å². The Morgan fingerprint density at radius 2 is 1.89 bits per heavy atom. The molecule has 8 heteroatoms. The van der Waals surface area contributed by atoms with E-state index in [0.29, 0.717) is 24.6 Å². The predicted octanol–water partition coefficient (Wildman–Crippen LogP) is 4.34. The Kier molecular flexibility index (Phi) is 10.6. The molecule has 0 aromatic heterocycles. The molecule has 148 valence electrons. The highest BCUT2D eigenvalue weighted by Crippen LogP contribution is 2.19. The molecule has 0 saturated carbocycles. The lowest BCUT2D eigenvalue weighted by molar-refractivity contribution is -0.0504. The Balaban J connectivity index is 0.00000364. The van der Waals surface area contributed by atoms with Crippen LogP contribution in [0.4, 0.5) is 13.2 Å². The van der Waals surface area contributed by atoms with E-state index >= 15 is 0 Å². The standard InChI is InChI=1S/C19H22F3N3O.HI/c1-23-19(24-11-5-7-14-6-4-9-16(20)12-14)25-13-15-8-2-3-10-17(15)26-18(21)22;/h2-4,6,8-10,12,18H,5,7,11,13H2,1H3,(H2,23,24,25);1H. The molecule has 0 unspecified atom stereocenters. The number of nitrogens with one attached hydrogen (secondary N) is 2. The minimum Gasteiger partial charge on any atom is -0.434 e. The van der Waals surface area contributed by atoms with E-state index in [9.17, 15) is 13.2 Å². The van der Waals surface area contributed by atoms with Crippen LogP contribution in [0, 0.1) is 5.82 Å². The summed E-state index contributed by atoms with van der Waals surface area (Å²) in [6.07, 6.45) is 1.54. The number of aryl methyl sites for hydroxylation is 1. The van der Waals surface area contributed by atoms with Gasteiger partial charge in [0, 0.05) is 25.7 Å². The van der Waals surface area contributed by atoms with E-state index in [1.54, 1.807) is 31.3 Å². The third-order valence-electron chi connectivity index (χ3n) is 3.68. The number of ether oxygens (including phenoxy) is 1. The van der Waals surface area contributed by atoms with Crippen molar-refractivity contribution in [2.24, 2.45) is 4.99 Å². The SMILES string of the molecule is CN=C(NCCCc1cccc(F)c1)NCc1ccccc1OC(F)F.I. The van der Waals surface area contributed by atoms with Crippen LogP contribution < -0.4 is 15.4 Å². The van der Waals surface area contributed by atoms with Crippen molar-refractivity contribution in [1.29, 1.82) is 0 Å². The lowest BCUT2D eigenvalue weighted by Gasteiger charge is -2.14. The minimum atomic E-state index is -2.86. The number of guanidine groups is 1. The highest BCUT2D eigenvalue weighted by molar-refractivity contribution is 14.0. The number of benzene rings is 2. The van der Waals surface area contributed by atoms with Crippen molar-refractivity contribution in [2.75, 3.05) is 13.6 Å². The molecule has 27 heavy (non-hydrogen) atoms. The van der Waals surface area contributed by atoms with E-state index in [4.69, 9.17) is 0 Å². The van der Waals surface area contributed by atoms with Crippen molar-refractivity contribution in [3.8, 4) is 5.75 Å². The first-order valence-corrected chi connectivity index (χ1v) is 8.30. The topological polar surface area (TPSA) is 45.7 Å². The Bertz CT molecular complexity index is 729. The van der Waals surface area contributed by atoms with Crippen molar-refractivity contribution in [1.82, 2.24) is 10.6 Å². The van der Waals surface area contributed by atoms with E-state index in [0.717, 1.165) is 18.4 Å². The Labute approximate surface area is 174 Å². The van der Waals surface area contributed by atoms with Gasteiger partial charge in [0.25, 0.3) is 0 Å². The number of halogens is 4. The zero-order valence-electron chi connectivity index (χ0n) is 14.9. The lowest BCUT2D eigenvalue weighted by Crippen LogP contribution is -2.37. The number of hydrogen-bond acceptors (Lipinski definition) is 2. The van der Waals surface area contributed by atoms with Gasteiger partial charge >= 0.3 is 6.61 Å². The molecule has 0 saturated heterocycles. The van der Waals surface area contributed by atoms with Crippen molar-refractivity contribution in [3.05, 3.63) is 65.5 Å². The summed E-state index contributed by atoms with van der Waals surface area (Å²) in [7, 11) is 1.63. The van der Waals surface area contributed by atoms with Gasteiger partial charge in [0.05, 0.1) is 0 Å². The fourth-order valence-corrected chi connectivity index (χ4v) is 2.45. The van der Waals surface area contributed by atoms with Crippen LogP contribution in [0.15, 0.2) is 53.5 Å². The molecule has 2 aromatic rings. The van der Waals surface area contributed by atoms with Crippen LogP contribution in [0.3, 0.4) is 0 Å².